The highest BCUT2D eigenvalue weighted by molar-refractivity contribution is 6.32. The fraction of sp³-hybridized carbons (Fsp3) is 0.0909. The largest absolute Gasteiger partial charge is 0.495 e. The van der Waals surface area contributed by atoms with Crippen molar-refractivity contribution in [3.05, 3.63) is 34.1 Å². The number of aromatic amines is 1. The number of methoxy groups -OCH3 is 1. The summed E-state index contributed by atoms with van der Waals surface area (Å²) in [6.45, 7) is 0. The third-order valence-corrected chi connectivity index (χ3v) is 2.76. The molecule has 86 valence electrons. The van der Waals surface area contributed by atoms with Gasteiger partial charge in [-0.3, -0.25) is 0 Å². The van der Waals surface area contributed by atoms with Gasteiger partial charge in [0.05, 0.1) is 12.1 Å². The van der Waals surface area contributed by atoms with Crippen molar-refractivity contribution in [3.8, 4) is 23.2 Å². The smallest absolute Gasteiger partial charge is 0.178 e. The molecule has 1 aromatic carbocycles. The maximum atomic E-state index is 8.75. The van der Waals surface area contributed by atoms with Gasteiger partial charge in [-0.15, -0.1) is 0 Å². The Labute approximate surface area is 108 Å². The molecule has 0 radical (unpaired) electrons. The van der Waals surface area contributed by atoms with Gasteiger partial charge in [-0.25, -0.2) is 4.98 Å². The van der Waals surface area contributed by atoms with E-state index >= 15 is 0 Å². The molecule has 0 spiro atoms. The fourth-order valence-electron chi connectivity index (χ4n) is 1.38. The normalized spacial score (nSPS) is 10.0. The summed E-state index contributed by atoms with van der Waals surface area (Å²) in [7, 11) is 1.54. The maximum absolute atomic E-state index is 8.75. The van der Waals surface area contributed by atoms with Gasteiger partial charge in [0.2, 0.25) is 0 Å². The molecule has 0 aliphatic heterocycles. The van der Waals surface area contributed by atoms with Gasteiger partial charge < -0.3 is 9.72 Å². The van der Waals surface area contributed by atoms with Gasteiger partial charge in [-0.1, -0.05) is 23.2 Å². The number of halogens is 2. The molecule has 0 saturated heterocycles. The van der Waals surface area contributed by atoms with Crippen molar-refractivity contribution in [3.63, 3.8) is 0 Å². The molecule has 0 bridgehead atoms. The lowest BCUT2D eigenvalue weighted by Crippen LogP contribution is -1.86. The van der Waals surface area contributed by atoms with Crippen LogP contribution in [0.15, 0.2) is 18.2 Å². The van der Waals surface area contributed by atoms with Gasteiger partial charge in [0.25, 0.3) is 0 Å². The van der Waals surface area contributed by atoms with Crippen LogP contribution < -0.4 is 4.74 Å². The lowest BCUT2D eigenvalue weighted by molar-refractivity contribution is 0.415. The van der Waals surface area contributed by atoms with Gasteiger partial charge in [0, 0.05) is 5.56 Å². The van der Waals surface area contributed by atoms with E-state index in [0.717, 1.165) is 5.56 Å². The van der Waals surface area contributed by atoms with E-state index in [2.05, 4.69) is 9.97 Å². The summed E-state index contributed by atoms with van der Waals surface area (Å²) >= 11 is 11.8. The van der Waals surface area contributed by atoms with E-state index < -0.39 is 0 Å². The summed E-state index contributed by atoms with van der Waals surface area (Å²) in [5.41, 5.74) is 0.896. The van der Waals surface area contributed by atoms with Crippen molar-refractivity contribution in [2.75, 3.05) is 7.11 Å². The number of aromatic nitrogens is 2. The van der Waals surface area contributed by atoms with Crippen LogP contribution in [0.1, 0.15) is 5.69 Å². The Morgan fingerprint density at radius 2 is 2.18 bits per heavy atom. The average molecular weight is 268 g/mol. The topological polar surface area (TPSA) is 61.7 Å². The zero-order chi connectivity index (χ0) is 12.4. The standard InChI is InChI=1S/C11H7Cl2N3O/c1-17-9-3-2-6(4-7(9)12)11-15-8(5-14)10(13)16-11/h2-4H,1H3,(H,15,16). The molecule has 1 aromatic heterocycles. The number of ether oxygens (including phenoxy) is 1. The first kappa shape index (κ1) is 11.8. The van der Waals surface area contributed by atoms with Crippen LogP contribution in [-0.2, 0) is 0 Å². The number of imidazole rings is 1. The molecule has 4 nitrogen and oxygen atoms in total. The molecule has 1 N–H and O–H groups in total. The van der Waals surface area contributed by atoms with Gasteiger partial charge in [-0.2, -0.15) is 5.26 Å². The van der Waals surface area contributed by atoms with Crippen LogP contribution in [0.4, 0.5) is 0 Å². The Balaban J connectivity index is 2.47. The zero-order valence-corrected chi connectivity index (χ0v) is 10.3. The number of nitrogens with one attached hydrogen (secondary N) is 1. The summed E-state index contributed by atoms with van der Waals surface area (Å²) in [4.78, 5) is 6.86. The quantitative estimate of drug-likeness (QED) is 0.909. The summed E-state index contributed by atoms with van der Waals surface area (Å²) < 4.78 is 5.04. The molecular weight excluding hydrogens is 261 g/mol. The highest BCUT2D eigenvalue weighted by Crippen LogP contribution is 2.29. The molecular formula is C11H7Cl2N3O. The summed E-state index contributed by atoms with van der Waals surface area (Å²) in [6, 6.07) is 7.08. The lowest BCUT2D eigenvalue weighted by atomic mass is 10.2. The van der Waals surface area contributed by atoms with Gasteiger partial charge in [0.15, 0.2) is 5.69 Å². The molecule has 1 heterocycles. The van der Waals surface area contributed by atoms with E-state index in [-0.39, 0.29) is 10.8 Å². The van der Waals surface area contributed by atoms with Gasteiger partial charge >= 0.3 is 0 Å². The Morgan fingerprint density at radius 1 is 1.41 bits per heavy atom. The highest BCUT2D eigenvalue weighted by atomic mass is 35.5. The Bertz CT molecular complexity index is 601. The third-order valence-electron chi connectivity index (χ3n) is 2.19. The molecule has 6 heteroatoms. The second-order valence-corrected chi connectivity index (χ2v) is 3.99. The summed E-state index contributed by atoms with van der Waals surface area (Å²) in [5, 5.41) is 9.44. The van der Waals surface area contributed by atoms with E-state index in [4.69, 9.17) is 33.2 Å². The third kappa shape index (κ3) is 2.21. The van der Waals surface area contributed by atoms with Crippen LogP contribution in [0.2, 0.25) is 10.2 Å². The molecule has 0 unspecified atom stereocenters. The van der Waals surface area contributed by atoms with E-state index in [1.54, 1.807) is 25.3 Å². The van der Waals surface area contributed by atoms with E-state index in [1.165, 1.54) is 0 Å². The predicted octanol–water partition coefficient (Wildman–Crippen LogP) is 3.26. The molecule has 0 saturated carbocycles. The van der Waals surface area contributed by atoms with Crippen molar-refractivity contribution >= 4 is 23.2 Å². The summed E-state index contributed by atoms with van der Waals surface area (Å²) in [5.74, 6) is 1.07. The molecule has 0 fully saturated rings. The first-order valence-corrected chi connectivity index (χ1v) is 5.41. The predicted molar refractivity (Wildman–Crippen MR) is 65.3 cm³/mol. The number of H-pyrrole nitrogens is 1. The minimum absolute atomic E-state index is 0.161. The summed E-state index contributed by atoms with van der Waals surface area (Å²) in [6.07, 6.45) is 0. The number of nitrogens with zero attached hydrogens (tertiary/aromatic N) is 2. The first-order valence-electron chi connectivity index (χ1n) is 4.65. The highest BCUT2D eigenvalue weighted by Gasteiger charge is 2.11. The van der Waals surface area contributed by atoms with Crippen molar-refractivity contribution in [2.24, 2.45) is 0 Å². The second kappa shape index (κ2) is 4.66. The number of hydrogen-bond donors (Lipinski definition) is 1. The maximum Gasteiger partial charge on any atom is 0.178 e. The average Bonchev–Trinajstić information content (AvgIpc) is 2.70. The molecule has 17 heavy (non-hydrogen) atoms. The number of nitriles is 1. The number of rotatable bonds is 2. The lowest BCUT2D eigenvalue weighted by Gasteiger charge is -2.03. The molecule has 0 atom stereocenters. The SMILES string of the molecule is COc1ccc(-c2nc(C#N)c(Cl)[nH]2)cc1Cl. The van der Waals surface area contributed by atoms with Crippen LogP contribution in [0.3, 0.4) is 0 Å². The van der Waals surface area contributed by atoms with Crippen LogP contribution in [0.5, 0.6) is 5.75 Å². The van der Waals surface area contributed by atoms with Crippen LogP contribution in [-0.4, -0.2) is 17.1 Å². The Kier molecular flexibility index (Phi) is 3.23. The molecule has 0 amide bonds. The second-order valence-electron chi connectivity index (χ2n) is 3.21. The Morgan fingerprint density at radius 3 is 2.71 bits per heavy atom. The van der Waals surface area contributed by atoms with Crippen molar-refractivity contribution in [2.45, 2.75) is 0 Å². The minimum atomic E-state index is 0.161. The minimum Gasteiger partial charge on any atom is -0.495 e. The van der Waals surface area contributed by atoms with Gasteiger partial charge in [0.1, 0.15) is 22.8 Å². The number of hydrogen-bond acceptors (Lipinski definition) is 3. The van der Waals surface area contributed by atoms with Crippen molar-refractivity contribution in [1.29, 1.82) is 5.26 Å². The molecule has 2 aromatic rings. The van der Waals surface area contributed by atoms with Gasteiger partial charge in [-0.05, 0) is 18.2 Å². The van der Waals surface area contributed by atoms with Crippen molar-refractivity contribution in [1.82, 2.24) is 9.97 Å². The zero-order valence-electron chi connectivity index (χ0n) is 8.79. The number of benzene rings is 1. The molecule has 0 aliphatic rings. The molecule has 2 rings (SSSR count). The Hall–Kier alpha value is -1.70. The van der Waals surface area contributed by atoms with E-state index in [9.17, 15) is 0 Å². The van der Waals surface area contributed by atoms with E-state index in [0.29, 0.717) is 16.6 Å². The molecule has 0 aliphatic carbocycles. The van der Waals surface area contributed by atoms with Crippen LogP contribution in [0, 0.1) is 11.3 Å². The first-order chi connectivity index (χ1) is 8.15. The monoisotopic (exact) mass is 267 g/mol. The van der Waals surface area contributed by atoms with Crippen molar-refractivity contribution < 1.29 is 4.74 Å². The fourth-order valence-corrected chi connectivity index (χ4v) is 1.81. The van der Waals surface area contributed by atoms with E-state index in [1.807, 2.05) is 6.07 Å². The van der Waals surface area contributed by atoms with Crippen LogP contribution in [0.25, 0.3) is 11.4 Å². The van der Waals surface area contributed by atoms with Crippen LogP contribution >= 0.6 is 23.2 Å².